The van der Waals surface area contributed by atoms with Gasteiger partial charge in [0.05, 0.1) is 11.3 Å². The number of aryl methyl sites for hydroxylation is 1. The number of hydrogen-bond acceptors (Lipinski definition) is 4. The number of benzene rings is 1. The molecule has 0 radical (unpaired) electrons. The summed E-state index contributed by atoms with van der Waals surface area (Å²) in [5.74, 6) is 1.21. The maximum Gasteiger partial charge on any atom is 0.214 e. The number of pyridine rings is 1. The van der Waals surface area contributed by atoms with Crippen LogP contribution in [0.25, 0.3) is 10.9 Å². The molecule has 0 spiro atoms. The van der Waals surface area contributed by atoms with Crippen LogP contribution >= 0.6 is 0 Å². The van der Waals surface area contributed by atoms with E-state index in [0.717, 1.165) is 22.3 Å². The van der Waals surface area contributed by atoms with Crippen LogP contribution in [0.15, 0.2) is 30.3 Å². The molecule has 0 unspecified atom stereocenters. The van der Waals surface area contributed by atoms with Crippen molar-refractivity contribution in [3.63, 3.8) is 0 Å². The first kappa shape index (κ1) is 16.2. The van der Waals surface area contributed by atoms with Crippen molar-refractivity contribution in [2.24, 2.45) is 0 Å². The summed E-state index contributed by atoms with van der Waals surface area (Å²) in [7, 11) is -3.10. The summed E-state index contributed by atoms with van der Waals surface area (Å²) < 4.78 is 25.9. The van der Waals surface area contributed by atoms with Gasteiger partial charge in [0, 0.05) is 31.6 Å². The molecule has 0 bridgehead atoms. The van der Waals surface area contributed by atoms with Crippen molar-refractivity contribution < 1.29 is 8.42 Å². The monoisotopic (exact) mass is 333 g/mol. The molecule has 0 amide bonds. The summed E-state index contributed by atoms with van der Waals surface area (Å²) in [6, 6.07) is 10.2. The maximum atomic E-state index is 12.2. The van der Waals surface area contributed by atoms with Gasteiger partial charge in [0.1, 0.15) is 5.82 Å². The van der Waals surface area contributed by atoms with Crippen LogP contribution < -0.4 is 4.90 Å². The van der Waals surface area contributed by atoms with Crippen LogP contribution in [0, 0.1) is 6.92 Å². The van der Waals surface area contributed by atoms with E-state index in [1.165, 1.54) is 0 Å². The minimum Gasteiger partial charge on any atom is -0.354 e. The highest BCUT2D eigenvalue weighted by Crippen LogP contribution is 2.24. The first-order valence-electron chi connectivity index (χ1n) is 8.10. The molecule has 5 nitrogen and oxygen atoms in total. The van der Waals surface area contributed by atoms with Gasteiger partial charge in [-0.05, 0) is 31.0 Å². The minimum atomic E-state index is -3.10. The summed E-state index contributed by atoms with van der Waals surface area (Å²) in [4.78, 5) is 6.97. The average Bonchev–Trinajstić information content (AvgIpc) is 2.54. The zero-order valence-electron chi connectivity index (χ0n) is 13.7. The quantitative estimate of drug-likeness (QED) is 0.862. The van der Waals surface area contributed by atoms with E-state index in [-0.39, 0.29) is 5.75 Å². The van der Waals surface area contributed by atoms with Gasteiger partial charge in [-0.1, -0.05) is 25.1 Å². The van der Waals surface area contributed by atoms with Gasteiger partial charge in [0.2, 0.25) is 10.0 Å². The number of hydrogen-bond donors (Lipinski definition) is 0. The maximum absolute atomic E-state index is 12.2. The summed E-state index contributed by atoms with van der Waals surface area (Å²) in [6.07, 6.45) is 0.661. The van der Waals surface area contributed by atoms with E-state index in [1.54, 1.807) is 4.31 Å². The van der Waals surface area contributed by atoms with E-state index < -0.39 is 10.0 Å². The van der Waals surface area contributed by atoms with Gasteiger partial charge in [0.25, 0.3) is 0 Å². The number of piperazine rings is 1. The Balaban J connectivity index is 1.79. The average molecular weight is 333 g/mol. The Kier molecular flexibility index (Phi) is 4.55. The molecule has 1 aromatic heterocycles. The topological polar surface area (TPSA) is 53.5 Å². The highest BCUT2D eigenvalue weighted by atomic mass is 32.2. The summed E-state index contributed by atoms with van der Waals surface area (Å²) in [6.45, 7) is 6.42. The Morgan fingerprint density at radius 2 is 1.83 bits per heavy atom. The Morgan fingerprint density at radius 3 is 2.52 bits per heavy atom. The van der Waals surface area contributed by atoms with Crippen molar-refractivity contribution in [2.45, 2.75) is 20.3 Å². The molecule has 1 aliphatic rings. The molecule has 2 aromatic rings. The number of nitrogens with zero attached hydrogens (tertiary/aromatic N) is 3. The largest absolute Gasteiger partial charge is 0.354 e. The highest BCUT2D eigenvalue weighted by molar-refractivity contribution is 7.89. The molecule has 1 aromatic carbocycles. The number of fused-ring (bicyclic) bond motifs is 1. The second-order valence-electron chi connectivity index (χ2n) is 6.02. The van der Waals surface area contributed by atoms with Crippen LogP contribution in [0.4, 0.5) is 5.82 Å². The summed E-state index contributed by atoms with van der Waals surface area (Å²) >= 11 is 0. The lowest BCUT2D eigenvalue weighted by atomic mass is 10.1. The number of rotatable bonds is 4. The molecular weight excluding hydrogens is 310 g/mol. The molecule has 0 N–H and O–H groups in total. The van der Waals surface area contributed by atoms with Gasteiger partial charge in [-0.2, -0.15) is 4.31 Å². The third kappa shape index (κ3) is 3.33. The van der Waals surface area contributed by atoms with Crippen LogP contribution in [0.2, 0.25) is 0 Å². The van der Waals surface area contributed by atoms with Gasteiger partial charge in [-0.25, -0.2) is 13.4 Å². The lowest BCUT2D eigenvalue weighted by Gasteiger charge is -2.35. The van der Waals surface area contributed by atoms with E-state index in [9.17, 15) is 8.42 Å². The van der Waals surface area contributed by atoms with Gasteiger partial charge in [-0.3, -0.25) is 0 Å². The lowest BCUT2D eigenvalue weighted by Crippen LogP contribution is -2.49. The SMILES string of the molecule is CCCS(=O)(=O)N1CCN(c2nc3ccccc3cc2C)CC1. The van der Waals surface area contributed by atoms with E-state index in [0.29, 0.717) is 32.6 Å². The van der Waals surface area contributed by atoms with Crippen molar-refractivity contribution in [3.05, 3.63) is 35.9 Å². The van der Waals surface area contributed by atoms with Crippen LogP contribution in [-0.2, 0) is 10.0 Å². The van der Waals surface area contributed by atoms with Crippen molar-refractivity contribution in [3.8, 4) is 0 Å². The Bertz CT molecular complexity index is 797. The normalized spacial score (nSPS) is 16.9. The van der Waals surface area contributed by atoms with E-state index >= 15 is 0 Å². The molecule has 23 heavy (non-hydrogen) atoms. The lowest BCUT2D eigenvalue weighted by molar-refractivity contribution is 0.383. The Hall–Kier alpha value is -1.66. The predicted octanol–water partition coefficient (Wildman–Crippen LogP) is 2.41. The molecule has 1 saturated heterocycles. The Labute approximate surface area is 138 Å². The molecule has 6 heteroatoms. The predicted molar refractivity (Wildman–Crippen MR) is 94.3 cm³/mol. The minimum absolute atomic E-state index is 0.236. The van der Waals surface area contributed by atoms with E-state index in [1.807, 2.05) is 25.1 Å². The second-order valence-corrected chi connectivity index (χ2v) is 8.11. The molecule has 1 fully saturated rings. The standard InChI is InChI=1S/C17H23N3O2S/c1-3-12-23(21,22)20-10-8-19(9-11-20)17-14(2)13-15-6-4-5-7-16(15)18-17/h4-7,13H,3,8-12H2,1-2H3. The van der Waals surface area contributed by atoms with Gasteiger partial charge < -0.3 is 4.90 Å². The van der Waals surface area contributed by atoms with E-state index in [4.69, 9.17) is 4.98 Å². The molecule has 1 aliphatic heterocycles. The number of sulfonamides is 1. The second kappa shape index (κ2) is 6.45. The summed E-state index contributed by atoms with van der Waals surface area (Å²) in [5.41, 5.74) is 2.11. The Morgan fingerprint density at radius 1 is 1.13 bits per heavy atom. The van der Waals surface area contributed by atoms with Crippen LogP contribution in [0.5, 0.6) is 0 Å². The summed E-state index contributed by atoms with van der Waals surface area (Å²) in [5, 5.41) is 1.14. The smallest absolute Gasteiger partial charge is 0.214 e. The molecule has 0 atom stereocenters. The van der Waals surface area contributed by atoms with Gasteiger partial charge in [-0.15, -0.1) is 0 Å². The fourth-order valence-corrected chi connectivity index (χ4v) is 4.59. The third-order valence-corrected chi connectivity index (χ3v) is 6.36. The van der Waals surface area contributed by atoms with Gasteiger partial charge in [0.15, 0.2) is 0 Å². The first-order valence-corrected chi connectivity index (χ1v) is 9.71. The highest BCUT2D eigenvalue weighted by Gasteiger charge is 2.27. The fraction of sp³-hybridized carbons (Fsp3) is 0.471. The third-order valence-electron chi connectivity index (χ3n) is 4.28. The van der Waals surface area contributed by atoms with Crippen LogP contribution in [-0.4, -0.2) is 49.6 Å². The number of aromatic nitrogens is 1. The van der Waals surface area contributed by atoms with Crippen molar-refractivity contribution in [1.82, 2.24) is 9.29 Å². The molecule has 2 heterocycles. The molecule has 124 valence electrons. The fourth-order valence-electron chi connectivity index (χ4n) is 3.10. The molecular formula is C17H23N3O2S. The molecule has 3 rings (SSSR count). The van der Waals surface area contributed by atoms with Crippen molar-refractivity contribution in [2.75, 3.05) is 36.8 Å². The number of para-hydroxylation sites is 1. The van der Waals surface area contributed by atoms with Gasteiger partial charge >= 0.3 is 0 Å². The molecule has 0 aliphatic carbocycles. The first-order chi connectivity index (χ1) is 11.0. The molecule has 0 saturated carbocycles. The zero-order chi connectivity index (χ0) is 16.4. The zero-order valence-corrected chi connectivity index (χ0v) is 14.5. The van der Waals surface area contributed by atoms with E-state index in [2.05, 4.69) is 24.0 Å². The number of anilines is 1. The van der Waals surface area contributed by atoms with Crippen LogP contribution in [0.3, 0.4) is 0 Å². The van der Waals surface area contributed by atoms with Crippen LogP contribution in [0.1, 0.15) is 18.9 Å². The van der Waals surface area contributed by atoms with Crippen molar-refractivity contribution in [1.29, 1.82) is 0 Å². The van der Waals surface area contributed by atoms with Crippen molar-refractivity contribution >= 4 is 26.7 Å².